The average Bonchev–Trinajstić information content (AvgIpc) is 2.73. The van der Waals surface area contributed by atoms with E-state index in [2.05, 4.69) is 50.2 Å². The van der Waals surface area contributed by atoms with Crippen LogP contribution >= 0.6 is 0 Å². The van der Waals surface area contributed by atoms with E-state index in [1.807, 2.05) is 12.1 Å². The van der Waals surface area contributed by atoms with Crippen LogP contribution in [0.5, 0.6) is 0 Å². The first-order chi connectivity index (χ1) is 13.3. The molecule has 0 spiro atoms. The van der Waals surface area contributed by atoms with Gasteiger partial charge in [0.05, 0.1) is 25.1 Å². The van der Waals surface area contributed by atoms with Crippen molar-refractivity contribution in [3.63, 3.8) is 0 Å². The molecule has 5 rings (SSSR count). The van der Waals surface area contributed by atoms with Gasteiger partial charge in [0.25, 0.3) is 0 Å². The van der Waals surface area contributed by atoms with E-state index in [0.29, 0.717) is 24.4 Å². The number of ether oxygens (including phenoxy) is 1. The molecule has 1 aliphatic rings. The molecule has 3 heterocycles. The quantitative estimate of drug-likeness (QED) is 0.589. The SMILES string of the molecule is Nc1nc(N2CCOCC2)c2nc(-c3ccc4ccccc4c3)cnc2n1. The fourth-order valence-electron chi connectivity index (χ4n) is 3.39. The highest BCUT2D eigenvalue weighted by atomic mass is 16.5. The summed E-state index contributed by atoms with van der Waals surface area (Å²) in [5.74, 6) is 0.924. The van der Waals surface area contributed by atoms with Crippen LogP contribution in [-0.2, 0) is 4.74 Å². The lowest BCUT2D eigenvalue weighted by Crippen LogP contribution is -2.37. The minimum atomic E-state index is 0.205. The molecule has 7 nitrogen and oxygen atoms in total. The van der Waals surface area contributed by atoms with Crippen LogP contribution < -0.4 is 10.6 Å². The highest BCUT2D eigenvalue weighted by molar-refractivity contribution is 5.89. The maximum absolute atomic E-state index is 5.89. The number of rotatable bonds is 2. The second kappa shape index (κ2) is 6.44. The van der Waals surface area contributed by atoms with Crippen LogP contribution in [0, 0.1) is 0 Å². The first-order valence-electron chi connectivity index (χ1n) is 8.90. The monoisotopic (exact) mass is 358 g/mol. The molecule has 0 atom stereocenters. The van der Waals surface area contributed by atoms with Gasteiger partial charge < -0.3 is 15.4 Å². The lowest BCUT2D eigenvalue weighted by atomic mass is 10.1. The molecule has 2 N–H and O–H groups in total. The van der Waals surface area contributed by atoms with E-state index in [1.54, 1.807) is 6.20 Å². The van der Waals surface area contributed by atoms with Crippen molar-refractivity contribution in [3.05, 3.63) is 48.7 Å². The Balaban J connectivity index is 1.66. The number of benzene rings is 2. The van der Waals surface area contributed by atoms with Gasteiger partial charge in [0.15, 0.2) is 17.0 Å². The second-order valence-electron chi connectivity index (χ2n) is 6.49. The number of hydrogen-bond donors (Lipinski definition) is 1. The highest BCUT2D eigenvalue weighted by Gasteiger charge is 2.19. The van der Waals surface area contributed by atoms with Gasteiger partial charge in [0.1, 0.15) is 0 Å². The van der Waals surface area contributed by atoms with Crippen molar-refractivity contribution >= 4 is 33.7 Å². The van der Waals surface area contributed by atoms with Crippen molar-refractivity contribution in [3.8, 4) is 11.3 Å². The average molecular weight is 358 g/mol. The maximum atomic E-state index is 5.89. The first kappa shape index (κ1) is 15.9. The predicted octanol–water partition coefficient (Wildman–Crippen LogP) is 2.66. The Hall–Kier alpha value is -3.32. The van der Waals surface area contributed by atoms with Crippen LogP contribution in [0.1, 0.15) is 0 Å². The Morgan fingerprint density at radius 1 is 0.926 bits per heavy atom. The van der Waals surface area contributed by atoms with Crippen LogP contribution in [0.2, 0.25) is 0 Å². The fraction of sp³-hybridized carbons (Fsp3) is 0.200. The number of anilines is 2. The van der Waals surface area contributed by atoms with Crippen LogP contribution in [0.4, 0.5) is 11.8 Å². The first-order valence-corrected chi connectivity index (χ1v) is 8.90. The van der Waals surface area contributed by atoms with E-state index in [0.717, 1.165) is 30.2 Å². The fourth-order valence-corrected chi connectivity index (χ4v) is 3.39. The molecule has 1 fully saturated rings. The van der Waals surface area contributed by atoms with Crippen LogP contribution in [-0.4, -0.2) is 46.2 Å². The summed E-state index contributed by atoms with van der Waals surface area (Å²) in [5.41, 5.74) is 8.86. The Morgan fingerprint density at radius 3 is 2.59 bits per heavy atom. The van der Waals surface area contributed by atoms with Crippen molar-refractivity contribution in [2.24, 2.45) is 0 Å². The number of nitrogens with two attached hydrogens (primary N) is 1. The molecule has 1 saturated heterocycles. The van der Waals surface area contributed by atoms with E-state index < -0.39 is 0 Å². The summed E-state index contributed by atoms with van der Waals surface area (Å²) in [6, 6.07) is 14.5. The van der Waals surface area contributed by atoms with Crippen LogP contribution in [0.3, 0.4) is 0 Å². The Kier molecular flexibility index (Phi) is 3.79. The van der Waals surface area contributed by atoms with Crippen molar-refractivity contribution in [2.75, 3.05) is 36.9 Å². The van der Waals surface area contributed by atoms with Gasteiger partial charge in [-0.3, -0.25) is 0 Å². The molecule has 0 bridgehead atoms. The zero-order chi connectivity index (χ0) is 18.2. The van der Waals surface area contributed by atoms with Crippen molar-refractivity contribution in [2.45, 2.75) is 0 Å². The zero-order valence-electron chi connectivity index (χ0n) is 14.7. The maximum Gasteiger partial charge on any atom is 0.224 e. The summed E-state index contributed by atoms with van der Waals surface area (Å²) < 4.78 is 5.45. The lowest BCUT2D eigenvalue weighted by molar-refractivity contribution is 0.122. The second-order valence-corrected chi connectivity index (χ2v) is 6.49. The minimum Gasteiger partial charge on any atom is -0.378 e. The number of morpholine rings is 1. The van der Waals surface area contributed by atoms with Gasteiger partial charge >= 0.3 is 0 Å². The van der Waals surface area contributed by atoms with Crippen LogP contribution in [0.15, 0.2) is 48.7 Å². The molecule has 2 aromatic carbocycles. The number of fused-ring (bicyclic) bond motifs is 2. The smallest absolute Gasteiger partial charge is 0.224 e. The van der Waals surface area contributed by atoms with Gasteiger partial charge in [-0.1, -0.05) is 36.4 Å². The third-order valence-corrected chi connectivity index (χ3v) is 4.76. The normalized spacial score (nSPS) is 14.7. The zero-order valence-corrected chi connectivity index (χ0v) is 14.7. The lowest BCUT2D eigenvalue weighted by Gasteiger charge is -2.28. The molecule has 0 radical (unpaired) electrons. The van der Waals surface area contributed by atoms with Gasteiger partial charge in [0, 0.05) is 18.7 Å². The molecule has 7 heteroatoms. The Bertz CT molecular complexity index is 1140. The number of hydrogen-bond acceptors (Lipinski definition) is 7. The minimum absolute atomic E-state index is 0.205. The molecule has 2 aromatic heterocycles. The van der Waals surface area contributed by atoms with Crippen molar-refractivity contribution in [1.29, 1.82) is 0 Å². The van der Waals surface area contributed by atoms with Gasteiger partial charge in [0.2, 0.25) is 5.95 Å². The summed E-state index contributed by atoms with van der Waals surface area (Å²) >= 11 is 0. The molecular formula is C20H18N6O. The standard InChI is InChI=1S/C20H18N6O/c21-20-24-18-17(19(25-20)26-7-9-27-10-8-26)23-16(12-22-18)15-6-5-13-3-1-2-4-14(13)11-15/h1-6,11-12H,7-10H2,(H2,21,22,24,25). The summed E-state index contributed by atoms with van der Waals surface area (Å²) in [6.45, 7) is 2.80. The van der Waals surface area contributed by atoms with Gasteiger partial charge in [-0.2, -0.15) is 9.97 Å². The molecule has 4 aromatic rings. The van der Waals surface area contributed by atoms with E-state index >= 15 is 0 Å². The molecule has 134 valence electrons. The van der Waals surface area contributed by atoms with E-state index in [9.17, 15) is 0 Å². The van der Waals surface area contributed by atoms with Gasteiger partial charge in [-0.25, -0.2) is 9.97 Å². The summed E-state index contributed by atoms with van der Waals surface area (Å²) in [5, 5.41) is 2.36. The Morgan fingerprint density at radius 2 is 1.74 bits per heavy atom. The number of nitrogens with zero attached hydrogens (tertiary/aromatic N) is 5. The Labute approximate surface area is 155 Å². The number of nitrogen functional groups attached to an aromatic ring is 1. The molecule has 27 heavy (non-hydrogen) atoms. The van der Waals surface area contributed by atoms with E-state index in [-0.39, 0.29) is 5.95 Å². The van der Waals surface area contributed by atoms with Gasteiger partial charge in [-0.15, -0.1) is 0 Å². The molecular weight excluding hydrogens is 340 g/mol. The van der Waals surface area contributed by atoms with E-state index in [4.69, 9.17) is 15.5 Å². The van der Waals surface area contributed by atoms with Crippen molar-refractivity contribution in [1.82, 2.24) is 19.9 Å². The molecule has 0 aliphatic carbocycles. The van der Waals surface area contributed by atoms with Gasteiger partial charge in [-0.05, 0) is 16.8 Å². The number of aromatic nitrogens is 4. The molecule has 0 unspecified atom stereocenters. The summed E-state index contributed by atoms with van der Waals surface area (Å²) in [6.07, 6.45) is 1.74. The predicted molar refractivity (Wildman–Crippen MR) is 106 cm³/mol. The molecule has 1 aliphatic heterocycles. The molecule has 0 amide bonds. The highest BCUT2D eigenvalue weighted by Crippen LogP contribution is 2.27. The molecule has 0 saturated carbocycles. The largest absolute Gasteiger partial charge is 0.378 e. The topological polar surface area (TPSA) is 90.0 Å². The van der Waals surface area contributed by atoms with Crippen LogP contribution in [0.25, 0.3) is 33.2 Å². The summed E-state index contributed by atoms with van der Waals surface area (Å²) in [7, 11) is 0. The van der Waals surface area contributed by atoms with Crippen molar-refractivity contribution < 1.29 is 4.74 Å². The summed E-state index contributed by atoms with van der Waals surface area (Å²) in [4.78, 5) is 20.2. The third kappa shape index (κ3) is 2.92. The van der Waals surface area contributed by atoms with E-state index in [1.165, 1.54) is 10.8 Å². The third-order valence-electron chi connectivity index (χ3n) is 4.76.